The zero-order valence-corrected chi connectivity index (χ0v) is 18.5. The standard InChI is InChI=1S/C16H16F17NO5/c17-9(12(21,22)23,7-37-6-8(35)5-34-1-3-36-4-2-34)38-16(32,33)11(20,14(27,28)29)39-15(30,31)10(18,19)13(24,25)26/h8,35H,1-7H2. The SMILES string of the molecule is OC(COCC(F)(OC(F)(F)C(F)(OC(F)(F)C(F)(F)C(F)(F)F)C(F)(F)F)C(F)(F)F)CN1CCOCC1. The molecule has 1 N–H and O–H groups in total. The van der Waals surface area contributed by atoms with Gasteiger partial charge in [0.2, 0.25) is 0 Å². The minimum atomic E-state index is -7.95. The van der Waals surface area contributed by atoms with Gasteiger partial charge in [-0.2, -0.15) is 74.6 Å². The fraction of sp³-hybridized carbons (Fsp3) is 1.00. The fourth-order valence-electron chi connectivity index (χ4n) is 2.59. The molecule has 23 heteroatoms. The van der Waals surface area contributed by atoms with Crippen molar-refractivity contribution < 1.29 is 98.7 Å². The van der Waals surface area contributed by atoms with E-state index in [2.05, 4.69) is 9.47 Å². The van der Waals surface area contributed by atoms with Gasteiger partial charge in [-0.05, 0) is 0 Å². The lowest BCUT2D eigenvalue weighted by Crippen LogP contribution is -2.67. The Bertz CT molecular complexity index is 797. The lowest BCUT2D eigenvalue weighted by atomic mass is 10.2. The second-order valence-corrected chi connectivity index (χ2v) is 7.71. The zero-order chi connectivity index (χ0) is 30.9. The van der Waals surface area contributed by atoms with Crippen LogP contribution in [0.1, 0.15) is 0 Å². The number of rotatable bonds is 12. The minimum Gasteiger partial charge on any atom is -0.389 e. The molecule has 0 aliphatic carbocycles. The van der Waals surface area contributed by atoms with Crippen LogP contribution in [-0.4, -0.2) is 111 Å². The topological polar surface area (TPSA) is 60.4 Å². The molecule has 3 atom stereocenters. The third-order valence-corrected chi connectivity index (χ3v) is 4.61. The molecule has 3 unspecified atom stereocenters. The van der Waals surface area contributed by atoms with Crippen molar-refractivity contribution in [1.29, 1.82) is 0 Å². The molecule has 1 aliphatic rings. The number of hydrogen-bond donors (Lipinski definition) is 1. The third kappa shape index (κ3) is 7.86. The molecule has 1 rings (SSSR count). The molecule has 0 aromatic heterocycles. The van der Waals surface area contributed by atoms with E-state index in [0.717, 1.165) is 0 Å². The van der Waals surface area contributed by atoms with Crippen LogP contribution in [0.3, 0.4) is 0 Å². The summed E-state index contributed by atoms with van der Waals surface area (Å²) in [5.41, 5.74) is 0. The van der Waals surface area contributed by atoms with E-state index in [1.54, 1.807) is 0 Å². The number of nitrogens with zero attached hydrogens (tertiary/aromatic N) is 1. The van der Waals surface area contributed by atoms with Crippen LogP contribution >= 0.6 is 0 Å². The van der Waals surface area contributed by atoms with E-state index in [-0.39, 0.29) is 26.3 Å². The summed E-state index contributed by atoms with van der Waals surface area (Å²) in [5, 5.41) is 9.66. The average molecular weight is 625 g/mol. The van der Waals surface area contributed by atoms with E-state index in [9.17, 15) is 79.7 Å². The van der Waals surface area contributed by atoms with Crippen molar-refractivity contribution in [3.63, 3.8) is 0 Å². The van der Waals surface area contributed by atoms with Crippen LogP contribution in [0.2, 0.25) is 0 Å². The Balaban J connectivity index is 3.23. The lowest BCUT2D eigenvalue weighted by Gasteiger charge is -2.40. The Kier molecular flexibility index (Phi) is 10.5. The van der Waals surface area contributed by atoms with E-state index in [1.807, 2.05) is 0 Å². The molecule has 0 bridgehead atoms. The Morgan fingerprint density at radius 2 is 1.15 bits per heavy atom. The first-order chi connectivity index (χ1) is 17.1. The molecule has 1 heterocycles. The largest absolute Gasteiger partial charge is 0.462 e. The van der Waals surface area contributed by atoms with Gasteiger partial charge in [-0.15, -0.1) is 0 Å². The molecule has 0 aromatic rings. The van der Waals surface area contributed by atoms with Crippen LogP contribution in [-0.2, 0) is 18.9 Å². The van der Waals surface area contributed by atoms with Gasteiger partial charge >= 0.3 is 48.4 Å². The van der Waals surface area contributed by atoms with Crippen molar-refractivity contribution in [2.75, 3.05) is 46.1 Å². The van der Waals surface area contributed by atoms with Crippen molar-refractivity contribution in [3.8, 4) is 0 Å². The minimum absolute atomic E-state index is 0.137. The van der Waals surface area contributed by atoms with Crippen molar-refractivity contribution in [1.82, 2.24) is 4.90 Å². The van der Waals surface area contributed by atoms with Crippen LogP contribution < -0.4 is 0 Å². The first kappa shape index (κ1) is 35.6. The second kappa shape index (κ2) is 11.4. The highest BCUT2D eigenvalue weighted by Gasteiger charge is 2.85. The third-order valence-electron chi connectivity index (χ3n) is 4.61. The number of aliphatic hydroxyl groups excluding tert-OH is 1. The van der Waals surface area contributed by atoms with Gasteiger partial charge < -0.3 is 14.6 Å². The average Bonchev–Trinajstić information content (AvgIpc) is 2.71. The number of halogens is 17. The summed E-state index contributed by atoms with van der Waals surface area (Å²) in [6.07, 6.45) is -39.8. The molecule has 234 valence electrons. The van der Waals surface area contributed by atoms with Crippen LogP contribution in [0, 0.1) is 0 Å². The Labute approximate surface area is 205 Å². The van der Waals surface area contributed by atoms with Gasteiger partial charge in [-0.25, -0.2) is 0 Å². The molecule has 39 heavy (non-hydrogen) atoms. The molecular formula is C16H16F17NO5. The molecule has 1 aliphatic heterocycles. The van der Waals surface area contributed by atoms with Crippen molar-refractivity contribution >= 4 is 0 Å². The molecule has 1 saturated heterocycles. The highest BCUT2D eigenvalue weighted by Crippen LogP contribution is 2.56. The maximum atomic E-state index is 14.3. The Morgan fingerprint density at radius 3 is 1.56 bits per heavy atom. The molecule has 0 spiro atoms. The maximum Gasteiger partial charge on any atom is 0.462 e. The van der Waals surface area contributed by atoms with E-state index in [4.69, 9.17) is 4.74 Å². The van der Waals surface area contributed by atoms with Gasteiger partial charge in [0.15, 0.2) is 0 Å². The molecular weight excluding hydrogens is 609 g/mol. The summed E-state index contributed by atoms with van der Waals surface area (Å²) < 4.78 is 235. The highest BCUT2D eigenvalue weighted by atomic mass is 19.4. The second-order valence-electron chi connectivity index (χ2n) is 7.71. The molecule has 0 amide bonds. The Morgan fingerprint density at radius 1 is 0.667 bits per heavy atom. The van der Waals surface area contributed by atoms with E-state index >= 15 is 0 Å². The smallest absolute Gasteiger partial charge is 0.389 e. The van der Waals surface area contributed by atoms with Gasteiger partial charge in [0.05, 0.1) is 25.9 Å². The lowest BCUT2D eigenvalue weighted by molar-refractivity contribution is -0.553. The highest BCUT2D eigenvalue weighted by molar-refractivity contribution is 4.95. The molecule has 0 radical (unpaired) electrons. The number of ether oxygens (including phenoxy) is 4. The summed E-state index contributed by atoms with van der Waals surface area (Å²) in [6, 6.07) is 0. The predicted molar refractivity (Wildman–Crippen MR) is 86.9 cm³/mol. The summed E-state index contributed by atoms with van der Waals surface area (Å²) in [4.78, 5) is 1.41. The summed E-state index contributed by atoms with van der Waals surface area (Å²) >= 11 is 0. The predicted octanol–water partition coefficient (Wildman–Crippen LogP) is 4.57. The first-order valence-corrected chi connectivity index (χ1v) is 9.81. The van der Waals surface area contributed by atoms with Gasteiger partial charge in [-0.1, -0.05) is 0 Å². The van der Waals surface area contributed by atoms with Crippen molar-refractivity contribution in [2.45, 2.75) is 54.5 Å². The van der Waals surface area contributed by atoms with Crippen LogP contribution in [0.5, 0.6) is 0 Å². The summed E-state index contributed by atoms with van der Waals surface area (Å²) in [6.45, 7) is -4.14. The number of hydrogen-bond acceptors (Lipinski definition) is 6. The van der Waals surface area contributed by atoms with Crippen LogP contribution in [0.15, 0.2) is 0 Å². The molecule has 0 aromatic carbocycles. The maximum absolute atomic E-state index is 14.3. The molecule has 1 fully saturated rings. The molecule has 0 saturated carbocycles. The van der Waals surface area contributed by atoms with E-state index < -0.39 is 74.2 Å². The van der Waals surface area contributed by atoms with Crippen molar-refractivity contribution in [3.05, 3.63) is 0 Å². The van der Waals surface area contributed by atoms with Gasteiger partial charge in [0, 0.05) is 19.6 Å². The summed E-state index contributed by atoms with van der Waals surface area (Å²) in [5.74, 6) is -22.1. The van der Waals surface area contributed by atoms with Crippen LogP contribution in [0.25, 0.3) is 0 Å². The quantitative estimate of drug-likeness (QED) is 0.321. The number of alkyl halides is 17. The number of β-amino-alcohol motifs (C(OH)–C–C–N with tert-alkyl or cyclic N) is 1. The van der Waals surface area contributed by atoms with Gasteiger partial charge in [-0.3, -0.25) is 14.4 Å². The van der Waals surface area contributed by atoms with Crippen LogP contribution in [0.4, 0.5) is 74.6 Å². The zero-order valence-electron chi connectivity index (χ0n) is 18.5. The monoisotopic (exact) mass is 625 g/mol. The number of morpholine rings is 1. The summed E-state index contributed by atoms with van der Waals surface area (Å²) in [7, 11) is 0. The first-order valence-electron chi connectivity index (χ1n) is 9.81. The van der Waals surface area contributed by atoms with Gasteiger partial charge in [0.25, 0.3) is 0 Å². The Hall–Kier alpha value is -1.43. The van der Waals surface area contributed by atoms with Crippen molar-refractivity contribution in [2.24, 2.45) is 0 Å². The van der Waals surface area contributed by atoms with E-state index in [1.165, 1.54) is 9.64 Å². The van der Waals surface area contributed by atoms with E-state index in [0.29, 0.717) is 0 Å². The number of aliphatic hydroxyl groups is 1. The van der Waals surface area contributed by atoms with Gasteiger partial charge in [0.1, 0.15) is 6.61 Å². The normalized spacial score (nSPS) is 21.4. The molecule has 6 nitrogen and oxygen atoms in total. The fourth-order valence-corrected chi connectivity index (χ4v) is 2.59.